The summed E-state index contributed by atoms with van der Waals surface area (Å²) in [5, 5.41) is 12.8. The third-order valence-electron chi connectivity index (χ3n) is 4.74. The lowest BCUT2D eigenvalue weighted by molar-refractivity contribution is -0.117. The quantitative estimate of drug-likeness (QED) is 0.678. The van der Waals surface area contributed by atoms with Crippen LogP contribution in [-0.4, -0.2) is 48.8 Å². The van der Waals surface area contributed by atoms with Crippen molar-refractivity contribution in [1.82, 2.24) is 10.2 Å². The molecule has 2 aromatic rings. The molecule has 1 atom stereocenters. The Morgan fingerprint density at radius 1 is 1.28 bits per heavy atom. The summed E-state index contributed by atoms with van der Waals surface area (Å²) in [5.74, 6) is -0.808. The normalized spacial score (nSPS) is 16.1. The molecule has 0 bridgehead atoms. The summed E-state index contributed by atoms with van der Waals surface area (Å²) in [6, 6.07) is 11.3. The lowest BCUT2D eigenvalue weighted by atomic mass is 10.0. The fourth-order valence-corrected chi connectivity index (χ4v) is 3.41. The Bertz CT molecular complexity index is 869. The molecule has 3 rings (SSSR count). The topological polar surface area (TPSA) is 61.8 Å². The number of amides is 1. The molecule has 0 unspecified atom stereocenters. The second-order valence-electron chi connectivity index (χ2n) is 6.88. The van der Waals surface area contributed by atoms with Crippen LogP contribution in [0.1, 0.15) is 22.7 Å². The number of aliphatic hydroxyl groups is 1. The number of morpholine rings is 1. The van der Waals surface area contributed by atoms with E-state index in [1.54, 1.807) is 0 Å². The van der Waals surface area contributed by atoms with Gasteiger partial charge in [0.25, 0.3) is 0 Å². The number of carbonyl (C=O) groups excluding carboxylic acids is 1. The second-order valence-corrected chi connectivity index (χ2v) is 7.28. The Balaban J connectivity index is 1.63. The number of aliphatic hydroxyl groups excluding tert-OH is 1. The Morgan fingerprint density at radius 2 is 2.07 bits per heavy atom. The fourth-order valence-electron chi connectivity index (χ4n) is 3.18. The first-order chi connectivity index (χ1) is 14.0. The SMILES string of the molecule is O=C(/C=C/c1ccc(F)cc1Cl)N[C@H](CO)c1cccc(CN2CCOCC2)c1. The molecule has 1 aliphatic heterocycles. The van der Waals surface area contributed by atoms with Crippen LogP contribution in [-0.2, 0) is 16.1 Å². The van der Waals surface area contributed by atoms with Crippen LogP contribution in [0.3, 0.4) is 0 Å². The third kappa shape index (κ3) is 6.37. The molecule has 1 amide bonds. The van der Waals surface area contributed by atoms with Gasteiger partial charge in [-0.3, -0.25) is 9.69 Å². The molecule has 0 aliphatic carbocycles. The lowest BCUT2D eigenvalue weighted by Gasteiger charge is -2.27. The molecule has 1 saturated heterocycles. The van der Waals surface area contributed by atoms with Crippen LogP contribution in [0.2, 0.25) is 5.02 Å². The summed E-state index contributed by atoms with van der Waals surface area (Å²) in [6.07, 6.45) is 2.83. The number of hydrogen-bond donors (Lipinski definition) is 2. The van der Waals surface area contributed by atoms with E-state index in [1.165, 1.54) is 30.4 Å². The number of carbonyl (C=O) groups is 1. The molecule has 0 radical (unpaired) electrons. The molecule has 5 nitrogen and oxygen atoms in total. The van der Waals surface area contributed by atoms with Gasteiger partial charge in [0.15, 0.2) is 0 Å². The van der Waals surface area contributed by atoms with E-state index >= 15 is 0 Å². The highest BCUT2D eigenvalue weighted by Crippen LogP contribution is 2.19. The van der Waals surface area contributed by atoms with E-state index in [2.05, 4.69) is 10.2 Å². The number of hydrogen-bond acceptors (Lipinski definition) is 4. The van der Waals surface area contributed by atoms with Crippen molar-refractivity contribution in [3.63, 3.8) is 0 Å². The van der Waals surface area contributed by atoms with Gasteiger partial charge in [-0.05, 0) is 34.9 Å². The minimum absolute atomic E-state index is 0.224. The van der Waals surface area contributed by atoms with Crippen molar-refractivity contribution < 1.29 is 19.0 Å². The van der Waals surface area contributed by atoms with Crippen LogP contribution in [0.15, 0.2) is 48.5 Å². The molecule has 7 heteroatoms. The van der Waals surface area contributed by atoms with Gasteiger partial charge in [-0.25, -0.2) is 4.39 Å². The summed E-state index contributed by atoms with van der Waals surface area (Å²) in [7, 11) is 0. The summed E-state index contributed by atoms with van der Waals surface area (Å²) in [4.78, 5) is 14.6. The van der Waals surface area contributed by atoms with E-state index in [-0.39, 0.29) is 17.5 Å². The van der Waals surface area contributed by atoms with Gasteiger partial charge in [0, 0.05) is 25.7 Å². The average molecular weight is 419 g/mol. The monoisotopic (exact) mass is 418 g/mol. The van der Waals surface area contributed by atoms with Gasteiger partial charge in [-0.15, -0.1) is 0 Å². The molecular weight excluding hydrogens is 395 g/mol. The number of nitrogens with zero attached hydrogens (tertiary/aromatic N) is 1. The molecule has 0 spiro atoms. The van der Waals surface area contributed by atoms with E-state index in [4.69, 9.17) is 16.3 Å². The Morgan fingerprint density at radius 3 is 2.79 bits per heavy atom. The lowest BCUT2D eigenvalue weighted by Crippen LogP contribution is -2.35. The van der Waals surface area contributed by atoms with Crippen LogP contribution < -0.4 is 5.32 Å². The van der Waals surface area contributed by atoms with E-state index in [9.17, 15) is 14.3 Å². The van der Waals surface area contributed by atoms with Gasteiger partial charge in [0.1, 0.15) is 5.82 Å². The molecule has 2 N–H and O–H groups in total. The summed E-state index contributed by atoms with van der Waals surface area (Å²) >= 11 is 5.96. The zero-order chi connectivity index (χ0) is 20.6. The molecule has 2 aromatic carbocycles. The van der Waals surface area contributed by atoms with Gasteiger partial charge in [0.05, 0.1) is 30.9 Å². The highest BCUT2D eigenvalue weighted by atomic mass is 35.5. The maximum atomic E-state index is 13.1. The standard InChI is InChI=1S/C22H24ClFN2O3/c23-20-13-19(24)6-4-17(20)5-7-22(28)25-21(15-27)18-3-1-2-16(12-18)14-26-8-10-29-11-9-26/h1-7,12-13,21,27H,8-11,14-15H2,(H,25,28)/b7-5+/t21-/m1/s1. The Labute approximate surface area is 174 Å². The molecule has 154 valence electrons. The van der Waals surface area contributed by atoms with Gasteiger partial charge in [-0.2, -0.15) is 0 Å². The molecule has 0 aromatic heterocycles. The van der Waals surface area contributed by atoms with Crippen LogP contribution in [0.25, 0.3) is 6.08 Å². The van der Waals surface area contributed by atoms with Crippen molar-refractivity contribution in [2.45, 2.75) is 12.6 Å². The number of nitrogens with one attached hydrogen (secondary N) is 1. The number of rotatable bonds is 7. The maximum Gasteiger partial charge on any atom is 0.244 e. The zero-order valence-corrected chi connectivity index (χ0v) is 16.7. The second kappa shape index (κ2) is 10.5. The minimum atomic E-state index is -0.527. The first-order valence-electron chi connectivity index (χ1n) is 9.48. The summed E-state index contributed by atoms with van der Waals surface area (Å²) < 4.78 is 18.5. The van der Waals surface area contributed by atoms with Crippen LogP contribution >= 0.6 is 11.6 Å². The zero-order valence-electron chi connectivity index (χ0n) is 16.0. The maximum absolute atomic E-state index is 13.1. The van der Waals surface area contributed by atoms with Gasteiger partial charge in [-0.1, -0.05) is 41.9 Å². The summed E-state index contributed by atoms with van der Waals surface area (Å²) in [6.45, 7) is 3.82. The van der Waals surface area contributed by atoms with Crippen LogP contribution in [0.4, 0.5) is 4.39 Å². The molecule has 1 aliphatic rings. The Hall–Kier alpha value is -2.25. The predicted molar refractivity (Wildman–Crippen MR) is 111 cm³/mol. The molecule has 0 saturated carbocycles. The third-order valence-corrected chi connectivity index (χ3v) is 5.07. The van der Waals surface area contributed by atoms with Crippen molar-refractivity contribution >= 4 is 23.6 Å². The molecule has 1 heterocycles. The van der Waals surface area contributed by atoms with Crippen molar-refractivity contribution in [2.24, 2.45) is 0 Å². The molecule has 1 fully saturated rings. The van der Waals surface area contributed by atoms with E-state index in [0.29, 0.717) is 5.56 Å². The molecular formula is C22H24ClFN2O3. The first-order valence-corrected chi connectivity index (χ1v) is 9.86. The van der Waals surface area contributed by atoms with Crippen molar-refractivity contribution in [3.05, 3.63) is 76.1 Å². The fraction of sp³-hybridized carbons (Fsp3) is 0.318. The number of halogens is 2. The van der Waals surface area contributed by atoms with Crippen molar-refractivity contribution in [3.8, 4) is 0 Å². The highest BCUT2D eigenvalue weighted by Gasteiger charge is 2.15. The Kier molecular flexibility index (Phi) is 7.77. The smallest absolute Gasteiger partial charge is 0.244 e. The van der Waals surface area contributed by atoms with Crippen molar-refractivity contribution in [1.29, 1.82) is 0 Å². The van der Waals surface area contributed by atoms with Crippen LogP contribution in [0, 0.1) is 5.82 Å². The van der Waals surface area contributed by atoms with Crippen molar-refractivity contribution in [2.75, 3.05) is 32.9 Å². The number of benzene rings is 2. The summed E-state index contributed by atoms with van der Waals surface area (Å²) in [5.41, 5.74) is 2.49. The van der Waals surface area contributed by atoms with Crippen LogP contribution in [0.5, 0.6) is 0 Å². The average Bonchev–Trinajstić information content (AvgIpc) is 2.72. The molecule has 29 heavy (non-hydrogen) atoms. The highest BCUT2D eigenvalue weighted by molar-refractivity contribution is 6.32. The predicted octanol–water partition coefficient (Wildman–Crippen LogP) is 3.17. The largest absolute Gasteiger partial charge is 0.394 e. The van der Waals surface area contributed by atoms with E-state index in [0.717, 1.165) is 44.0 Å². The van der Waals surface area contributed by atoms with E-state index < -0.39 is 11.9 Å². The minimum Gasteiger partial charge on any atom is -0.394 e. The van der Waals surface area contributed by atoms with Gasteiger partial charge >= 0.3 is 0 Å². The van der Waals surface area contributed by atoms with Gasteiger partial charge < -0.3 is 15.2 Å². The first kappa shape index (κ1) is 21.5. The van der Waals surface area contributed by atoms with Gasteiger partial charge in [0.2, 0.25) is 5.91 Å². The van der Waals surface area contributed by atoms with E-state index in [1.807, 2.05) is 24.3 Å². The number of ether oxygens (including phenoxy) is 1.